The summed E-state index contributed by atoms with van der Waals surface area (Å²) < 4.78 is 26.9. The summed E-state index contributed by atoms with van der Waals surface area (Å²) in [6.07, 6.45) is 1.01. The Morgan fingerprint density at radius 3 is 2.29 bits per heavy atom. The molecule has 0 unspecified atom stereocenters. The summed E-state index contributed by atoms with van der Waals surface area (Å²) in [7, 11) is 0. The predicted octanol–water partition coefficient (Wildman–Crippen LogP) is 2.50. The van der Waals surface area contributed by atoms with Gasteiger partial charge in [0.1, 0.15) is 18.2 Å². The van der Waals surface area contributed by atoms with E-state index in [-0.39, 0.29) is 30.4 Å². The molecule has 0 spiro atoms. The molecule has 1 amide bonds. The van der Waals surface area contributed by atoms with E-state index in [2.05, 4.69) is 5.32 Å². The second-order valence-electron chi connectivity index (χ2n) is 5.72. The zero-order valence-electron chi connectivity index (χ0n) is 13.5. The summed E-state index contributed by atoms with van der Waals surface area (Å²) in [5, 5.41) is 12.3. The zero-order valence-corrected chi connectivity index (χ0v) is 14.3. The van der Waals surface area contributed by atoms with Crippen LogP contribution in [-0.4, -0.2) is 40.5 Å². The number of nitrogens with one attached hydrogen (secondary N) is 1. The Labute approximate surface area is 145 Å². The minimum atomic E-state index is -1.16. The Morgan fingerprint density at radius 1 is 1.29 bits per heavy atom. The highest BCUT2D eigenvalue weighted by Crippen LogP contribution is 2.32. The van der Waals surface area contributed by atoms with Crippen LogP contribution in [0.3, 0.4) is 0 Å². The molecule has 1 aliphatic heterocycles. The minimum absolute atomic E-state index is 0. The fourth-order valence-electron chi connectivity index (χ4n) is 3.09. The third-order valence-corrected chi connectivity index (χ3v) is 4.46. The van der Waals surface area contributed by atoms with Gasteiger partial charge >= 0.3 is 5.97 Å². The van der Waals surface area contributed by atoms with Gasteiger partial charge in [-0.05, 0) is 30.5 Å². The Balaban J connectivity index is 0.00000288. The fraction of sp³-hybridized carbons (Fsp3) is 0.500. The second kappa shape index (κ2) is 7.90. The molecule has 1 heterocycles. The van der Waals surface area contributed by atoms with Gasteiger partial charge in [-0.1, -0.05) is 13.8 Å². The van der Waals surface area contributed by atoms with Crippen molar-refractivity contribution in [3.63, 3.8) is 0 Å². The van der Waals surface area contributed by atoms with Crippen LogP contribution in [0.25, 0.3) is 0 Å². The van der Waals surface area contributed by atoms with E-state index < -0.39 is 35.7 Å². The van der Waals surface area contributed by atoms with Crippen molar-refractivity contribution in [3.8, 4) is 0 Å². The van der Waals surface area contributed by atoms with Crippen molar-refractivity contribution in [1.29, 1.82) is 0 Å². The van der Waals surface area contributed by atoms with Gasteiger partial charge in [0.15, 0.2) is 0 Å². The van der Waals surface area contributed by atoms with Crippen molar-refractivity contribution in [1.82, 2.24) is 10.2 Å². The Kier molecular flexibility index (Phi) is 6.68. The molecule has 0 radical (unpaired) electrons. The van der Waals surface area contributed by atoms with Gasteiger partial charge in [0.25, 0.3) is 0 Å². The molecule has 0 aromatic heterocycles. The normalized spacial score (nSPS) is 19.8. The molecule has 0 aliphatic carbocycles. The van der Waals surface area contributed by atoms with Gasteiger partial charge in [0, 0.05) is 12.6 Å². The number of hydrogen-bond donors (Lipinski definition) is 2. The van der Waals surface area contributed by atoms with E-state index in [1.165, 1.54) is 4.90 Å². The lowest BCUT2D eigenvalue weighted by molar-refractivity contribution is -0.153. The largest absolute Gasteiger partial charge is 0.480 e. The number of carboxylic acids is 1. The topological polar surface area (TPSA) is 69.6 Å². The number of carbonyl (C=O) groups is 2. The van der Waals surface area contributed by atoms with Crippen molar-refractivity contribution >= 4 is 24.3 Å². The van der Waals surface area contributed by atoms with Crippen molar-refractivity contribution in [3.05, 3.63) is 35.4 Å². The molecular weight excluding hydrogens is 342 g/mol. The van der Waals surface area contributed by atoms with Gasteiger partial charge in [0.2, 0.25) is 5.91 Å². The molecule has 2 rings (SSSR count). The van der Waals surface area contributed by atoms with E-state index >= 15 is 0 Å². The molecule has 2 N–H and O–H groups in total. The van der Waals surface area contributed by atoms with Crippen molar-refractivity contribution in [2.45, 2.75) is 38.3 Å². The van der Waals surface area contributed by atoms with E-state index in [0.29, 0.717) is 12.8 Å². The number of benzene rings is 1. The average Bonchev–Trinajstić information content (AvgIpc) is 2.48. The van der Waals surface area contributed by atoms with Gasteiger partial charge < -0.3 is 15.3 Å². The highest BCUT2D eigenvalue weighted by molar-refractivity contribution is 5.90. The number of carboxylic acid groups (broad SMARTS) is 1. The molecule has 1 saturated heterocycles. The van der Waals surface area contributed by atoms with Crippen molar-refractivity contribution in [2.24, 2.45) is 0 Å². The highest BCUT2D eigenvalue weighted by Gasteiger charge is 2.45. The monoisotopic (exact) mass is 362 g/mol. The van der Waals surface area contributed by atoms with Crippen LogP contribution in [-0.2, 0) is 9.59 Å². The summed E-state index contributed by atoms with van der Waals surface area (Å²) in [5.74, 6) is -3.04. The minimum Gasteiger partial charge on any atom is -0.480 e. The van der Waals surface area contributed by atoms with E-state index in [4.69, 9.17) is 5.11 Å². The lowest BCUT2D eigenvalue weighted by Crippen LogP contribution is -2.65. The van der Waals surface area contributed by atoms with Crippen LogP contribution in [0.4, 0.5) is 8.78 Å². The van der Waals surface area contributed by atoms with Crippen LogP contribution in [0.15, 0.2) is 18.2 Å². The van der Waals surface area contributed by atoms with E-state index in [9.17, 15) is 18.4 Å². The summed E-state index contributed by atoms with van der Waals surface area (Å²) in [5.41, 5.74) is -0.594. The Bertz CT molecular complexity index is 603. The lowest BCUT2D eigenvalue weighted by Gasteiger charge is -2.46. The molecule has 1 aromatic carbocycles. The number of rotatable bonds is 5. The van der Waals surface area contributed by atoms with Crippen LogP contribution in [0.1, 0.15) is 38.3 Å². The molecule has 1 aromatic rings. The number of hydrogen-bond acceptors (Lipinski definition) is 3. The summed E-state index contributed by atoms with van der Waals surface area (Å²) in [6.45, 7) is 3.42. The van der Waals surface area contributed by atoms with Gasteiger partial charge in [-0.2, -0.15) is 0 Å². The predicted molar refractivity (Wildman–Crippen MR) is 87.0 cm³/mol. The number of amides is 1. The standard InChI is InChI=1S/C16H20F2N2O3.ClH/c1-3-16(4-2)15(23)20(9-14(21)22)13(8-19-16)10-5-11(17)7-12(18)6-10;/h5-7,13,19H,3-4,8-9H2,1-2H3,(H,21,22);1H/t13-;/m0./s1. The number of halogens is 3. The van der Waals surface area contributed by atoms with E-state index in [0.717, 1.165) is 18.2 Å². The maximum atomic E-state index is 13.5. The molecule has 8 heteroatoms. The number of aliphatic carboxylic acids is 1. The molecule has 0 saturated carbocycles. The molecule has 134 valence electrons. The molecule has 1 atom stereocenters. The number of nitrogens with zero attached hydrogens (tertiary/aromatic N) is 1. The Morgan fingerprint density at radius 2 is 1.83 bits per heavy atom. The van der Waals surface area contributed by atoms with E-state index in [1.54, 1.807) is 0 Å². The van der Waals surface area contributed by atoms with Gasteiger partial charge in [-0.25, -0.2) is 8.78 Å². The first-order chi connectivity index (χ1) is 10.8. The average molecular weight is 363 g/mol. The van der Waals surface area contributed by atoms with Crippen LogP contribution >= 0.6 is 12.4 Å². The molecule has 1 aliphatic rings. The maximum absolute atomic E-state index is 13.5. The number of carbonyl (C=O) groups excluding carboxylic acids is 1. The van der Waals surface area contributed by atoms with Gasteiger partial charge in [-0.15, -0.1) is 12.4 Å². The molecule has 5 nitrogen and oxygen atoms in total. The molecule has 0 bridgehead atoms. The maximum Gasteiger partial charge on any atom is 0.323 e. The molecule has 24 heavy (non-hydrogen) atoms. The first-order valence-electron chi connectivity index (χ1n) is 7.57. The quantitative estimate of drug-likeness (QED) is 0.844. The highest BCUT2D eigenvalue weighted by atomic mass is 35.5. The van der Waals surface area contributed by atoms with Gasteiger partial charge in [0.05, 0.1) is 11.6 Å². The van der Waals surface area contributed by atoms with E-state index in [1.807, 2.05) is 13.8 Å². The molecule has 1 fully saturated rings. The first kappa shape index (κ1) is 20.3. The lowest BCUT2D eigenvalue weighted by atomic mass is 9.86. The smallest absolute Gasteiger partial charge is 0.323 e. The van der Waals surface area contributed by atoms with Gasteiger partial charge in [-0.3, -0.25) is 9.59 Å². The van der Waals surface area contributed by atoms with Crippen LogP contribution in [0.2, 0.25) is 0 Å². The third-order valence-electron chi connectivity index (χ3n) is 4.46. The fourth-order valence-corrected chi connectivity index (χ4v) is 3.09. The SMILES string of the molecule is CCC1(CC)NC[C@@H](c2cc(F)cc(F)c2)N(CC(=O)O)C1=O.Cl. The van der Waals surface area contributed by atoms with Crippen LogP contribution < -0.4 is 5.32 Å². The Hall–Kier alpha value is -1.73. The molecular formula is C16H21ClF2N2O3. The van der Waals surface area contributed by atoms with Crippen LogP contribution in [0, 0.1) is 11.6 Å². The first-order valence-corrected chi connectivity index (χ1v) is 7.57. The summed E-state index contributed by atoms with van der Waals surface area (Å²) in [6, 6.07) is 2.27. The van der Waals surface area contributed by atoms with Crippen molar-refractivity contribution < 1.29 is 23.5 Å². The second-order valence-corrected chi connectivity index (χ2v) is 5.72. The summed E-state index contributed by atoms with van der Waals surface area (Å²) >= 11 is 0. The number of piperazine rings is 1. The third kappa shape index (κ3) is 3.84. The van der Waals surface area contributed by atoms with Crippen molar-refractivity contribution in [2.75, 3.05) is 13.1 Å². The zero-order chi connectivity index (χ0) is 17.2. The van der Waals surface area contributed by atoms with Crippen LogP contribution in [0.5, 0.6) is 0 Å². The summed E-state index contributed by atoms with van der Waals surface area (Å²) in [4.78, 5) is 25.2.